The second-order valence-electron chi connectivity index (χ2n) is 6.90. The molecule has 1 aromatic carbocycles. The first kappa shape index (κ1) is 14.6. The molecule has 4 nitrogen and oxygen atoms in total. The van der Waals surface area contributed by atoms with Gasteiger partial charge >= 0.3 is 0 Å². The summed E-state index contributed by atoms with van der Waals surface area (Å²) in [6.45, 7) is 1.14. The van der Waals surface area contributed by atoms with Gasteiger partial charge in [0.15, 0.2) is 0 Å². The van der Waals surface area contributed by atoms with E-state index in [1.807, 2.05) is 29.2 Å². The molecule has 1 aliphatic heterocycles. The molecule has 1 amide bonds. The van der Waals surface area contributed by atoms with Crippen molar-refractivity contribution in [1.29, 1.82) is 0 Å². The zero-order valence-corrected chi connectivity index (χ0v) is 13.2. The maximum atomic E-state index is 12.3. The van der Waals surface area contributed by atoms with E-state index in [0.29, 0.717) is 13.1 Å². The van der Waals surface area contributed by atoms with Gasteiger partial charge in [-0.3, -0.25) is 9.78 Å². The first-order valence-electron chi connectivity index (χ1n) is 8.52. The van der Waals surface area contributed by atoms with Crippen molar-refractivity contribution in [2.75, 3.05) is 13.1 Å². The zero-order valence-electron chi connectivity index (χ0n) is 13.2. The topological polar surface area (TPSA) is 53.4 Å². The lowest BCUT2D eigenvalue weighted by molar-refractivity contribution is -0.137. The molecular weight excluding hydrogens is 288 g/mol. The molecule has 2 unspecified atom stereocenters. The van der Waals surface area contributed by atoms with Crippen molar-refractivity contribution < 1.29 is 9.90 Å². The average molecular weight is 310 g/mol. The number of carbonyl (C=O) groups excluding carboxylic acids is 1. The highest BCUT2D eigenvalue weighted by Crippen LogP contribution is 2.31. The number of pyridine rings is 1. The number of aromatic nitrogens is 1. The molecule has 1 N–H and O–H groups in total. The Kier molecular flexibility index (Phi) is 3.77. The van der Waals surface area contributed by atoms with Crippen molar-refractivity contribution in [2.45, 2.75) is 31.8 Å². The van der Waals surface area contributed by atoms with Crippen LogP contribution >= 0.6 is 0 Å². The number of para-hydroxylation sites is 1. The number of carbonyl (C=O) groups is 1. The monoisotopic (exact) mass is 310 g/mol. The van der Waals surface area contributed by atoms with Gasteiger partial charge < -0.3 is 10.0 Å². The maximum absolute atomic E-state index is 12.3. The third-order valence-electron chi connectivity index (χ3n) is 5.30. The highest BCUT2D eigenvalue weighted by molar-refractivity contribution is 5.80. The van der Waals surface area contributed by atoms with Crippen molar-refractivity contribution in [2.24, 2.45) is 11.8 Å². The van der Waals surface area contributed by atoms with Crippen molar-refractivity contribution in [1.82, 2.24) is 9.88 Å². The summed E-state index contributed by atoms with van der Waals surface area (Å²) in [5, 5.41) is 11.5. The molecule has 0 bridgehead atoms. The predicted molar refractivity (Wildman–Crippen MR) is 88.9 cm³/mol. The number of benzene rings is 1. The Balaban J connectivity index is 1.46. The van der Waals surface area contributed by atoms with E-state index < -0.39 is 6.10 Å². The highest BCUT2D eigenvalue weighted by atomic mass is 16.3. The maximum Gasteiger partial charge on any atom is 0.225 e. The number of hydrogen-bond donors (Lipinski definition) is 1. The van der Waals surface area contributed by atoms with Gasteiger partial charge in [0.2, 0.25) is 5.91 Å². The number of aliphatic hydroxyl groups excluding tert-OH is 1. The van der Waals surface area contributed by atoms with Crippen LogP contribution in [0.25, 0.3) is 10.9 Å². The van der Waals surface area contributed by atoms with Crippen LogP contribution < -0.4 is 0 Å². The van der Waals surface area contributed by atoms with Gasteiger partial charge in [-0.15, -0.1) is 0 Å². The number of rotatable bonds is 3. The van der Waals surface area contributed by atoms with Gasteiger partial charge in [0.05, 0.1) is 11.6 Å². The average Bonchev–Trinajstić information content (AvgIpc) is 2.86. The molecule has 2 heterocycles. The fourth-order valence-corrected chi connectivity index (χ4v) is 3.64. The van der Waals surface area contributed by atoms with E-state index in [2.05, 4.69) is 12.1 Å². The van der Waals surface area contributed by atoms with E-state index >= 15 is 0 Å². The predicted octanol–water partition coefficient (Wildman–Crippen LogP) is 2.40. The summed E-state index contributed by atoms with van der Waals surface area (Å²) in [4.78, 5) is 18.9. The van der Waals surface area contributed by atoms with Gasteiger partial charge in [-0.1, -0.05) is 30.7 Å². The molecule has 1 saturated heterocycles. The Bertz CT molecular complexity index is 726. The first-order chi connectivity index (χ1) is 11.2. The van der Waals surface area contributed by atoms with Crippen LogP contribution in [0.1, 0.15) is 25.0 Å². The first-order valence-corrected chi connectivity index (χ1v) is 8.52. The number of hydrogen-bond acceptors (Lipinski definition) is 3. The molecular formula is C19H22N2O2. The molecule has 4 heteroatoms. The van der Waals surface area contributed by atoms with E-state index in [9.17, 15) is 9.90 Å². The number of β-amino-alcohol motifs (C(OH)–C–C–N with tert-alkyl or cyclic N) is 1. The smallest absolute Gasteiger partial charge is 0.225 e. The summed E-state index contributed by atoms with van der Waals surface area (Å²) in [5.41, 5.74) is 1.98. The third kappa shape index (κ3) is 2.83. The van der Waals surface area contributed by atoms with E-state index in [1.165, 1.54) is 0 Å². The number of likely N-dealkylation sites (tertiary alicyclic amines) is 1. The molecule has 120 valence electrons. The Hall–Kier alpha value is -1.94. The van der Waals surface area contributed by atoms with Gasteiger partial charge in [0.1, 0.15) is 0 Å². The molecule has 23 heavy (non-hydrogen) atoms. The minimum Gasteiger partial charge on any atom is -0.391 e. The molecule has 1 saturated carbocycles. The Morgan fingerprint density at radius 3 is 2.78 bits per heavy atom. The largest absolute Gasteiger partial charge is 0.391 e. The van der Waals surface area contributed by atoms with Crippen LogP contribution in [0.2, 0.25) is 0 Å². The van der Waals surface area contributed by atoms with Crippen LogP contribution in [0.4, 0.5) is 0 Å². The molecule has 1 aliphatic carbocycles. The molecule has 2 atom stereocenters. The lowest BCUT2D eigenvalue weighted by Gasteiger charge is -2.29. The standard InChI is InChI=1S/C19H22N2O2/c22-18-12-21(19(23)14-5-3-6-14)11-15(18)10-16-9-8-13-4-1-2-7-17(13)20-16/h1-2,4,7-9,14-15,18,22H,3,5-6,10-12H2. The number of amides is 1. The zero-order chi connectivity index (χ0) is 15.8. The summed E-state index contributed by atoms with van der Waals surface area (Å²) >= 11 is 0. The molecule has 0 spiro atoms. The summed E-state index contributed by atoms with van der Waals surface area (Å²) in [6, 6.07) is 12.2. The van der Waals surface area contributed by atoms with Crippen molar-refractivity contribution >= 4 is 16.8 Å². The molecule has 2 aliphatic rings. The van der Waals surface area contributed by atoms with Gasteiger partial charge in [0.25, 0.3) is 0 Å². The lowest BCUT2D eigenvalue weighted by Crippen LogP contribution is -2.37. The minimum absolute atomic E-state index is 0.0905. The lowest BCUT2D eigenvalue weighted by atomic mass is 9.84. The fourth-order valence-electron chi connectivity index (χ4n) is 3.64. The fraction of sp³-hybridized carbons (Fsp3) is 0.474. The Morgan fingerprint density at radius 2 is 2.00 bits per heavy atom. The van der Waals surface area contributed by atoms with Crippen molar-refractivity contribution in [3.8, 4) is 0 Å². The van der Waals surface area contributed by atoms with Crippen LogP contribution in [0.15, 0.2) is 36.4 Å². The normalized spacial score (nSPS) is 24.8. The van der Waals surface area contributed by atoms with E-state index in [4.69, 9.17) is 4.98 Å². The van der Waals surface area contributed by atoms with Crippen LogP contribution in [-0.2, 0) is 11.2 Å². The summed E-state index contributed by atoms with van der Waals surface area (Å²) in [5.74, 6) is 0.539. The highest BCUT2D eigenvalue weighted by Gasteiger charge is 2.38. The SMILES string of the molecule is O=C(C1CCC1)N1CC(O)C(Cc2ccc3ccccc3n2)C1. The van der Waals surface area contributed by atoms with Crippen LogP contribution in [0.5, 0.6) is 0 Å². The van der Waals surface area contributed by atoms with E-state index in [-0.39, 0.29) is 17.7 Å². The number of aliphatic hydroxyl groups is 1. The van der Waals surface area contributed by atoms with Gasteiger partial charge in [-0.25, -0.2) is 0 Å². The molecule has 0 radical (unpaired) electrons. The molecule has 1 aromatic heterocycles. The van der Waals surface area contributed by atoms with Crippen molar-refractivity contribution in [3.63, 3.8) is 0 Å². The molecule has 2 fully saturated rings. The third-order valence-corrected chi connectivity index (χ3v) is 5.30. The second kappa shape index (κ2) is 5.93. The van der Waals surface area contributed by atoms with Crippen LogP contribution in [0.3, 0.4) is 0 Å². The molecule has 2 aromatic rings. The summed E-state index contributed by atoms with van der Waals surface area (Å²) in [7, 11) is 0. The van der Waals surface area contributed by atoms with Crippen LogP contribution in [-0.4, -0.2) is 40.1 Å². The van der Waals surface area contributed by atoms with E-state index in [0.717, 1.165) is 42.3 Å². The summed E-state index contributed by atoms with van der Waals surface area (Å²) < 4.78 is 0. The van der Waals surface area contributed by atoms with E-state index in [1.54, 1.807) is 0 Å². The quantitative estimate of drug-likeness (QED) is 0.947. The van der Waals surface area contributed by atoms with Gasteiger partial charge in [-0.2, -0.15) is 0 Å². The van der Waals surface area contributed by atoms with Crippen molar-refractivity contribution in [3.05, 3.63) is 42.1 Å². The van der Waals surface area contributed by atoms with Gasteiger partial charge in [-0.05, 0) is 31.4 Å². The minimum atomic E-state index is -0.438. The second-order valence-corrected chi connectivity index (χ2v) is 6.90. The molecule has 4 rings (SSSR count). The number of fused-ring (bicyclic) bond motifs is 1. The number of nitrogens with zero attached hydrogens (tertiary/aromatic N) is 2. The Labute approximate surface area is 136 Å². The summed E-state index contributed by atoms with van der Waals surface area (Å²) in [6.07, 6.45) is 3.48. The van der Waals surface area contributed by atoms with Gasteiger partial charge in [0, 0.05) is 36.0 Å². The van der Waals surface area contributed by atoms with Crippen LogP contribution in [0, 0.1) is 11.8 Å². The Morgan fingerprint density at radius 1 is 1.17 bits per heavy atom.